The van der Waals surface area contributed by atoms with Gasteiger partial charge in [-0.15, -0.1) is 0 Å². The molecule has 1 N–H and O–H groups in total. The van der Waals surface area contributed by atoms with Gasteiger partial charge in [-0.2, -0.15) is 0 Å². The van der Waals surface area contributed by atoms with Gasteiger partial charge in [0.15, 0.2) is 5.69 Å². The van der Waals surface area contributed by atoms with E-state index in [1.807, 2.05) is 35.2 Å². The topological polar surface area (TPSA) is 81.0 Å². The molecule has 138 valence electrons. The quantitative estimate of drug-likeness (QED) is 0.798. The summed E-state index contributed by atoms with van der Waals surface area (Å²) in [5.74, 6) is -1.53. The van der Waals surface area contributed by atoms with Crippen LogP contribution in [0.2, 0.25) is 0 Å². The lowest BCUT2D eigenvalue weighted by Crippen LogP contribution is -2.37. The van der Waals surface area contributed by atoms with Crippen LogP contribution < -0.4 is 4.90 Å². The first-order valence-electron chi connectivity index (χ1n) is 8.62. The van der Waals surface area contributed by atoms with Crippen LogP contribution in [0.15, 0.2) is 36.5 Å². The molecule has 1 fully saturated rings. The standard InChI is InChI=1S/C19H22N2O5/c1-2-26-16(22)13-21-12-15(14-6-4-3-5-7-14)17(18(21)19(23)24)20-8-10-25-11-9-20/h3-7,12H,2,8-11,13H2,1H3,(H,23,24). The number of carbonyl (C=O) groups is 2. The first kappa shape index (κ1) is 18.0. The van der Waals surface area contributed by atoms with Gasteiger partial charge in [-0.3, -0.25) is 4.79 Å². The van der Waals surface area contributed by atoms with Gasteiger partial charge in [0.2, 0.25) is 0 Å². The van der Waals surface area contributed by atoms with Crippen molar-refractivity contribution in [3.63, 3.8) is 0 Å². The number of hydrogen-bond acceptors (Lipinski definition) is 5. The number of carboxylic acids is 1. The van der Waals surface area contributed by atoms with E-state index < -0.39 is 11.9 Å². The number of nitrogens with zero attached hydrogens (tertiary/aromatic N) is 2. The molecule has 7 nitrogen and oxygen atoms in total. The molecule has 2 heterocycles. The normalized spacial score (nSPS) is 14.3. The minimum atomic E-state index is -1.07. The third kappa shape index (κ3) is 3.72. The van der Waals surface area contributed by atoms with Crippen molar-refractivity contribution in [2.45, 2.75) is 13.5 Å². The Hall–Kier alpha value is -2.80. The Morgan fingerprint density at radius 3 is 2.50 bits per heavy atom. The monoisotopic (exact) mass is 358 g/mol. The second kappa shape index (κ2) is 8.05. The zero-order valence-electron chi connectivity index (χ0n) is 14.7. The molecule has 1 aromatic heterocycles. The number of anilines is 1. The van der Waals surface area contributed by atoms with E-state index in [0.29, 0.717) is 32.0 Å². The average Bonchev–Trinajstić information content (AvgIpc) is 3.02. The second-order valence-corrected chi connectivity index (χ2v) is 5.94. The number of carbonyl (C=O) groups excluding carboxylic acids is 1. The molecule has 0 bridgehead atoms. The van der Waals surface area contributed by atoms with E-state index in [-0.39, 0.29) is 18.8 Å². The fraction of sp³-hybridized carbons (Fsp3) is 0.368. The predicted molar refractivity (Wildman–Crippen MR) is 96.5 cm³/mol. The Morgan fingerprint density at radius 1 is 1.19 bits per heavy atom. The first-order valence-corrected chi connectivity index (χ1v) is 8.62. The van der Waals surface area contributed by atoms with E-state index in [4.69, 9.17) is 9.47 Å². The highest BCUT2D eigenvalue weighted by molar-refractivity contribution is 5.99. The summed E-state index contributed by atoms with van der Waals surface area (Å²) < 4.78 is 11.9. The van der Waals surface area contributed by atoms with E-state index in [2.05, 4.69) is 0 Å². The van der Waals surface area contributed by atoms with Crippen molar-refractivity contribution in [2.75, 3.05) is 37.8 Å². The third-order valence-corrected chi connectivity index (χ3v) is 4.27. The van der Waals surface area contributed by atoms with Gasteiger partial charge < -0.3 is 24.0 Å². The Morgan fingerprint density at radius 2 is 1.88 bits per heavy atom. The van der Waals surface area contributed by atoms with Crippen LogP contribution in [0.1, 0.15) is 17.4 Å². The van der Waals surface area contributed by atoms with Crippen LogP contribution in [0.25, 0.3) is 11.1 Å². The van der Waals surface area contributed by atoms with Crippen LogP contribution in [-0.2, 0) is 20.8 Å². The zero-order chi connectivity index (χ0) is 18.5. The van der Waals surface area contributed by atoms with Gasteiger partial charge in [-0.1, -0.05) is 30.3 Å². The second-order valence-electron chi connectivity index (χ2n) is 5.94. The van der Waals surface area contributed by atoms with Crippen molar-refractivity contribution in [3.8, 4) is 11.1 Å². The number of carboxylic acid groups (broad SMARTS) is 1. The van der Waals surface area contributed by atoms with Crippen molar-refractivity contribution in [3.05, 3.63) is 42.2 Å². The lowest BCUT2D eigenvalue weighted by Gasteiger charge is -2.30. The van der Waals surface area contributed by atoms with Crippen LogP contribution in [0.3, 0.4) is 0 Å². The summed E-state index contributed by atoms with van der Waals surface area (Å²) in [5, 5.41) is 9.85. The van der Waals surface area contributed by atoms with Crippen molar-refractivity contribution >= 4 is 17.6 Å². The summed E-state index contributed by atoms with van der Waals surface area (Å²) >= 11 is 0. The summed E-state index contributed by atoms with van der Waals surface area (Å²) in [6.45, 7) is 4.12. The molecule has 0 amide bonds. The van der Waals surface area contributed by atoms with E-state index in [9.17, 15) is 14.7 Å². The number of morpholine rings is 1. The highest BCUT2D eigenvalue weighted by Gasteiger charge is 2.28. The maximum atomic E-state index is 12.0. The highest BCUT2D eigenvalue weighted by Crippen LogP contribution is 2.36. The molecule has 3 rings (SSSR count). The lowest BCUT2D eigenvalue weighted by molar-refractivity contribution is -0.143. The van der Waals surface area contributed by atoms with E-state index in [1.54, 1.807) is 13.1 Å². The molecule has 7 heteroatoms. The summed E-state index contributed by atoms with van der Waals surface area (Å²) in [6.07, 6.45) is 1.72. The largest absolute Gasteiger partial charge is 0.477 e. The molecule has 1 saturated heterocycles. The molecule has 1 aromatic carbocycles. The number of esters is 1. The van der Waals surface area contributed by atoms with Gasteiger partial charge in [-0.05, 0) is 12.5 Å². The van der Waals surface area contributed by atoms with Crippen LogP contribution in [-0.4, -0.2) is 54.5 Å². The molecular weight excluding hydrogens is 336 g/mol. The fourth-order valence-electron chi connectivity index (χ4n) is 3.18. The lowest BCUT2D eigenvalue weighted by atomic mass is 10.1. The van der Waals surface area contributed by atoms with Crippen molar-refractivity contribution < 1.29 is 24.2 Å². The maximum absolute atomic E-state index is 12.0. The fourth-order valence-corrected chi connectivity index (χ4v) is 3.18. The molecule has 1 aliphatic heterocycles. The molecule has 0 radical (unpaired) electrons. The number of benzene rings is 1. The van der Waals surface area contributed by atoms with E-state index >= 15 is 0 Å². The molecule has 0 spiro atoms. The molecule has 0 aliphatic carbocycles. The number of hydrogen-bond donors (Lipinski definition) is 1. The minimum Gasteiger partial charge on any atom is -0.477 e. The number of aromatic carboxylic acids is 1. The van der Waals surface area contributed by atoms with E-state index in [0.717, 1.165) is 11.1 Å². The zero-order valence-corrected chi connectivity index (χ0v) is 14.7. The number of aromatic nitrogens is 1. The average molecular weight is 358 g/mol. The third-order valence-electron chi connectivity index (χ3n) is 4.27. The first-order chi connectivity index (χ1) is 12.6. The summed E-state index contributed by atoms with van der Waals surface area (Å²) in [6, 6.07) is 9.58. The Kier molecular flexibility index (Phi) is 5.58. The SMILES string of the molecule is CCOC(=O)Cn1cc(-c2ccccc2)c(N2CCOCC2)c1C(=O)O. The molecule has 0 atom stereocenters. The molecule has 26 heavy (non-hydrogen) atoms. The van der Waals surface area contributed by atoms with Gasteiger partial charge in [0.1, 0.15) is 6.54 Å². The molecule has 2 aromatic rings. The molecule has 0 saturated carbocycles. The van der Waals surface area contributed by atoms with Crippen molar-refractivity contribution in [2.24, 2.45) is 0 Å². The van der Waals surface area contributed by atoms with Crippen LogP contribution >= 0.6 is 0 Å². The smallest absolute Gasteiger partial charge is 0.354 e. The molecule has 0 unspecified atom stereocenters. The molecule has 1 aliphatic rings. The van der Waals surface area contributed by atoms with Crippen LogP contribution in [0.5, 0.6) is 0 Å². The minimum absolute atomic E-state index is 0.0961. The van der Waals surface area contributed by atoms with Crippen molar-refractivity contribution in [1.29, 1.82) is 0 Å². The van der Waals surface area contributed by atoms with Crippen molar-refractivity contribution in [1.82, 2.24) is 4.57 Å². The number of ether oxygens (including phenoxy) is 2. The van der Waals surface area contributed by atoms with Crippen LogP contribution in [0.4, 0.5) is 5.69 Å². The van der Waals surface area contributed by atoms with Gasteiger partial charge in [-0.25, -0.2) is 4.79 Å². The summed E-state index contributed by atoms with van der Waals surface area (Å²) in [5.41, 5.74) is 2.41. The number of rotatable bonds is 6. The van der Waals surface area contributed by atoms with Gasteiger partial charge in [0.25, 0.3) is 0 Å². The summed E-state index contributed by atoms with van der Waals surface area (Å²) in [4.78, 5) is 26.0. The summed E-state index contributed by atoms with van der Waals surface area (Å²) in [7, 11) is 0. The Bertz CT molecular complexity index is 779. The van der Waals surface area contributed by atoms with Crippen LogP contribution in [0, 0.1) is 0 Å². The molecular formula is C19H22N2O5. The Balaban J connectivity index is 2.12. The van der Waals surface area contributed by atoms with Gasteiger partial charge >= 0.3 is 11.9 Å². The van der Waals surface area contributed by atoms with Gasteiger partial charge in [0.05, 0.1) is 25.5 Å². The Labute approximate surface area is 151 Å². The van der Waals surface area contributed by atoms with E-state index in [1.165, 1.54) is 4.57 Å². The van der Waals surface area contributed by atoms with Gasteiger partial charge in [0, 0.05) is 24.8 Å². The highest BCUT2D eigenvalue weighted by atomic mass is 16.5. The maximum Gasteiger partial charge on any atom is 0.354 e. The predicted octanol–water partition coefficient (Wildman–Crippen LogP) is 2.25.